The molecule has 0 aliphatic rings. The highest BCUT2D eigenvalue weighted by Gasteiger charge is 1.92. The standard InChI is InChI=1S/C7H9N3/c1-6(10-8)7-2-4-9-5-3-7/h2-5H,8H2,1H3. The minimum Gasteiger partial charge on any atom is -0.323 e. The van der Waals surface area contributed by atoms with Gasteiger partial charge in [-0.3, -0.25) is 4.98 Å². The lowest BCUT2D eigenvalue weighted by Gasteiger charge is -1.94. The summed E-state index contributed by atoms with van der Waals surface area (Å²) in [5, 5.41) is 3.55. The predicted molar refractivity (Wildman–Crippen MR) is 40.6 cm³/mol. The SMILES string of the molecule is CC(=NN)c1ccncc1. The van der Waals surface area contributed by atoms with Crippen LogP contribution in [-0.4, -0.2) is 10.7 Å². The molecule has 0 saturated heterocycles. The van der Waals surface area contributed by atoms with Gasteiger partial charge in [-0.25, -0.2) is 0 Å². The number of hydrazone groups is 1. The van der Waals surface area contributed by atoms with E-state index in [1.54, 1.807) is 12.4 Å². The van der Waals surface area contributed by atoms with Gasteiger partial charge in [0.1, 0.15) is 0 Å². The third-order valence-corrected chi connectivity index (χ3v) is 1.29. The van der Waals surface area contributed by atoms with Gasteiger partial charge in [0.05, 0.1) is 5.71 Å². The second-order valence-corrected chi connectivity index (χ2v) is 1.95. The first-order valence-corrected chi connectivity index (χ1v) is 2.99. The average Bonchev–Trinajstić information content (AvgIpc) is 2.05. The van der Waals surface area contributed by atoms with E-state index in [0.717, 1.165) is 11.3 Å². The van der Waals surface area contributed by atoms with Gasteiger partial charge in [0.25, 0.3) is 0 Å². The molecule has 1 aromatic rings. The van der Waals surface area contributed by atoms with Gasteiger partial charge in [-0.2, -0.15) is 5.10 Å². The fraction of sp³-hybridized carbons (Fsp3) is 0.143. The molecule has 0 unspecified atom stereocenters. The third kappa shape index (κ3) is 1.31. The molecule has 0 aliphatic carbocycles. The van der Waals surface area contributed by atoms with Crippen LogP contribution in [0.4, 0.5) is 0 Å². The second-order valence-electron chi connectivity index (χ2n) is 1.95. The van der Waals surface area contributed by atoms with Crippen molar-refractivity contribution >= 4 is 5.71 Å². The summed E-state index contributed by atoms with van der Waals surface area (Å²) >= 11 is 0. The van der Waals surface area contributed by atoms with Crippen molar-refractivity contribution in [1.82, 2.24) is 4.98 Å². The van der Waals surface area contributed by atoms with Crippen LogP contribution in [-0.2, 0) is 0 Å². The molecular weight excluding hydrogens is 126 g/mol. The summed E-state index contributed by atoms with van der Waals surface area (Å²) in [4.78, 5) is 3.87. The summed E-state index contributed by atoms with van der Waals surface area (Å²) in [7, 11) is 0. The van der Waals surface area contributed by atoms with E-state index >= 15 is 0 Å². The van der Waals surface area contributed by atoms with Gasteiger partial charge in [0.2, 0.25) is 0 Å². The maximum atomic E-state index is 5.07. The predicted octanol–water partition coefficient (Wildman–Crippen LogP) is 0.764. The Morgan fingerprint density at radius 1 is 1.50 bits per heavy atom. The zero-order valence-corrected chi connectivity index (χ0v) is 5.78. The molecule has 3 heteroatoms. The number of hydrogen-bond donors (Lipinski definition) is 1. The average molecular weight is 135 g/mol. The van der Waals surface area contributed by atoms with Crippen LogP contribution in [0.5, 0.6) is 0 Å². The normalized spacial score (nSPS) is 11.5. The summed E-state index contributed by atoms with van der Waals surface area (Å²) in [5.41, 5.74) is 1.83. The Morgan fingerprint density at radius 3 is 2.60 bits per heavy atom. The summed E-state index contributed by atoms with van der Waals surface area (Å²) < 4.78 is 0. The first-order chi connectivity index (χ1) is 4.84. The van der Waals surface area contributed by atoms with Crippen molar-refractivity contribution in [3.8, 4) is 0 Å². The van der Waals surface area contributed by atoms with E-state index in [1.807, 2.05) is 19.1 Å². The fourth-order valence-electron chi connectivity index (χ4n) is 0.668. The zero-order valence-electron chi connectivity index (χ0n) is 5.78. The number of nitrogens with zero attached hydrogens (tertiary/aromatic N) is 2. The highest BCUT2D eigenvalue weighted by atomic mass is 15.1. The Kier molecular flexibility index (Phi) is 1.99. The van der Waals surface area contributed by atoms with Crippen molar-refractivity contribution in [3.05, 3.63) is 30.1 Å². The number of hydrogen-bond acceptors (Lipinski definition) is 3. The van der Waals surface area contributed by atoms with Gasteiger partial charge in [-0.05, 0) is 19.1 Å². The molecule has 0 amide bonds. The summed E-state index contributed by atoms with van der Waals surface area (Å²) in [6.07, 6.45) is 3.42. The monoisotopic (exact) mass is 135 g/mol. The second kappa shape index (κ2) is 2.96. The van der Waals surface area contributed by atoms with Crippen LogP contribution in [0.1, 0.15) is 12.5 Å². The van der Waals surface area contributed by atoms with Crippen LogP contribution in [0, 0.1) is 0 Å². The maximum Gasteiger partial charge on any atom is 0.0642 e. The number of rotatable bonds is 1. The van der Waals surface area contributed by atoms with Crippen molar-refractivity contribution < 1.29 is 0 Å². The molecule has 3 nitrogen and oxygen atoms in total. The van der Waals surface area contributed by atoms with Crippen LogP contribution < -0.4 is 5.84 Å². The summed E-state index contributed by atoms with van der Waals surface area (Å²) in [6, 6.07) is 3.73. The largest absolute Gasteiger partial charge is 0.323 e. The van der Waals surface area contributed by atoms with Crippen LogP contribution >= 0.6 is 0 Å². The number of pyridine rings is 1. The lowest BCUT2D eigenvalue weighted by molar-refractivity contribution is 1.23. The minimum atomic E-state index is 0.822. The molecule has 0 radical (unpaired) electrons. The van der Waals surface area contributed by atoms with Gasteiger partial charge in [-0.15, -0.1) is 0 Å². The first kappa shape index (κ1) is 6.74. The molecule has 52 valence electrons. The van der Waals surface area contributed by atoms with Crippen molar-refractivity contribution in [1.29, 1.82) is 0 Å². The van der Waals surface area contributed by atoms with E-state index in [-0.39, 0.29) is 0 Å². The van der Waals surface area contributed by atoms with Crippen LogP contribution in [0.3, 0.4) is 0 Å². The Bertz CT molecular complexity index is 228. The molecule has 0 atom stereocenters. The van der Waals surface area contributed by atoms with Gasteiger partial charge < -0.3 is 5.84 Å². The van der Waals surface area contributed by atoms with E-state index in [2.05, 4.69) is 10.1 Å². The van der Waals surface area contributed by atoms with Crippen molar-refractivity contribution in [2.75, 3.05) is 0 Å². The van der Waals surface area contributed by atoms with Gasteiger partial charge >= 0.3 is 0 Å². The van der Waals surface area contributed by atoms with Crippen LogP contribution in [0.25, 0.3) is 0 Å². The molecular formula is C7H9N3. The lowest BCUT2D eigenvalue weighted by atomic mass is 10.2. The molecule has 0 aromatic carbocycles. The third-order valence-electron chi connectivity index (χ3n) is 1.29. The van der Waals surface area contributed by atoms with Gasteiger partial charge in [0.15, 0.2) is 0 Å². The molecule has 0 spiro atoms. The molecule has 1 heterocycles. The van der Waals surface area contributed by atoms with E-state index in [0.29, 0.717) is 0 Å². The molecule has 1 aromatic heterocycles. The Labute approximate surface area is 59.6 Å². The zero-order chi connectivity index (χ0) is 7.40. The number of aromatic nitrogens is 1. The molecule has 1 rings (SSSR count). The molecule has 0 bridgehead atoms. The van der Waals surface area contributed by atoms with Crippen molar-refractivity contribution in [2.24, 2.45) is 10.9 Å². The molecule has 10 heavy (non-hydrogen) atoms. The highest BCUT2D eigenvalue weighted by molar-refractivity contribution is 5.98. The van der Waals surface area contributed by atoms with E-state index in [9.17, 15) is 0 Å². The first-order valence-electron chi connectivity index (χ1n) is 2.99. The van der Waals surface area contributed by atoms with Crippen LogP contribution in [0.2, 0.25) is 0 Å². The Hall–Kier alpha value is -1.38. The quantitative estimate of drug-likeness (QED) is 0.351. The molecule has 0 saturated carbocycles. The van der Waals surface area contributed by atoms with E-state index < -0.39 is 0 Å². The van der Waals surface area contributed by atoms with Crippen LogP contribution in [0.15, 0.2) is 29.6 Å². The fourth-order valence-corrected chi connectivity index (χ4v) is 0.668. The molecule has 0 fully saturated rings. The lowest BCUT2D eigenvalue weighted by Crippen LogP contribution is -1.97. The molecule has 2 N–H and O–H groups in total. The highest BCUT2D eigenvalue weighted by Crippen LogP contribution is 1.96. The smallest absolute Gasteiger partial charge is 0.0642 e. The molecule has 0 aliphatic heterocycles. The van der Waals surface area contributed by atoms with Gasteiger partial charge in [0, 0.05) is 18.0 Å². The summed E-state index contributed by atoms with van der Waals surface area (Å²) in [6.45, 7) is 1.86. The van der Waals surface area contributed by atoms with Crippen molar-refractivity contribution in [2.45, 2.75) is 6.92 Å². The topological polar surface area (TPSA) is 51.3 Å². The van der Waals surface area contributed by atoms with E-state index in [4.69, 9.17) is 5.84 Å². The summed E-state index contributed by atoms with van der Waals surface area (Å²) in [5.74, 6) is 5.07. The Balaban J connectivity index is 2.96. The van der Waals surface area contributed by atoms with Crippen molar-refractivity contribution in [3.63, 3.8) is 0 Å². The number of nitrogens with two attached hydrogens (primary N) is 1. The Morgan fingerprint density at radius 2 is 2.10 bits per heavy atom. The van der Waals surface area contributed by atoms with E-state index in [1.165, 1.54) is 0 Å². The van der Waals surface area contributed by atoms with Gasteiger partial charge in [-0.1, -0.05) is 0 Å². The minimum absolute atomic E-state index is 0.822. The maximum absolute atomic E-state index is 5.07.